The summed E-state index contributed by atoms with van der Waals surface area (Å²) in [5.74, 6) is -2.74. The monoisotopic (exact) mass is 354 g/mol. The molecule has 1 aliphatic rings. The Labute approximate surface area is 144 Å². The summed E-state index contributed by atoms with van der Waals surface area (Å²) in [4.78, 5) is 40.3. The number of carbonyl (C=O) groups is 3. The van der Waals surface area contributed by atoms with Gasteiger partial charge in [-0.05, 0) is 26.7 Å². The van der Waals surface area contributed by atoms with Crippen LogP contribution >= 0.6 is 11.3 Å². The van der Waals surface area contributed by atoms with E-state index in [2.05, 4.69) is 10.3 Å². The summed E-state index contributed by atoms with van der Waals surface area (Å²) in [7, 11) is 0. The molecule has 2 atom stereocenters. The van der Waals surface area contributed by atoms with E-state index >= 15 is 0 Å². The van der Waals surface area contributed by atoms with Crippen LogP contribution in [0.3, 0.4) is 0 Å². The van der Waals surface area contributed by atoms with Crippen LogP contribution in [0, 0.1) is 18.8 Å². The van der Waals surface area contributed by atoms with Gasteiger partial charge in [-0.15, -0.1) is 11.3 Å². The molecule has 7 nitrogen and oxygen atoms in total. The Morgan fingerprint density at radius 3 is 2.58 bits per heavy atom. The molecule has 1 amide bonds. The number of rotatable bonds is 6. The van der Waals surface area contributed by atoms with E-state index in [1.807, 2.05) is 0 Å². The molecule has 2 N–H and O–H groups in total. The number of hydrogen-bond donors (Lipinski definition) is 2. The van der Waals surface area contributed by atoms with Gasteiger partial charge in [-0.3, -0.25) is 14.4 Å². The van der Waals surface area contributed by atoms with Crippen molar-refractivity contribution in [2.45, 2.75) is 46.0 Å². The van der Waals surface area contributed by atoms with Crippen LogP contribution in [0.2, 0.25) is 0 Å². The molecular weight excluding hydrogens is 332 g/mol. The smallest absolute Gasteiger partial charge is 0.311 e. The number of thiazole rings is 1. The first-order valence-corrected chi connectivity index (χ1v) is 8.89. The Morgan fingerprint density at radius 1 is 1.29 bits per heavy atom. The third-order valence-electron chi connectivity index (χ3n) is 4.15. The van der Waals surface area contributed by atoms with Crippen LogP contribution in [0.25, 0.3) is 0 Å². The van der Waals surface area contributed by atoms with Crippen LogP contribution in [0.1, 0.15) is 43.2 Å². The number of nitrogens with one attached hydrogen (secondary N) is 1. The van der Waals surface area contributed by atoms with Crippen molar-refractivity contribution in [2.75, 3.05) is 11.9 Å². The van der Waals surface area contributed by atoms with Gasteiger partial charge < -0.3 is 15.2 Å². The fourth-order valence-corrected chi connectivity index (χ4v) is 3.88. The number of carboxylic acid groups (broad SMARTS) is 1. The number of aliphatic carboxylic acids is 1. The maximum atomic E-state index is 12.4. The lowest BCUT2D eigenvalue weighted by molar-refractivity contribution is -0.147. The first-order valence-electron chi connectivity index (χ1n) is 8.08. The predicted octanol–water partition coefficient (Wildman–Crippen LogP) is 2.39. The van der Waals surface area contributed by atoms with Crippen LogP contribution < -0.4 is 5.32 Å². The van der Waals surface area contributed by atoms with Crippen molar-refractivity contribution in [3.05, 3.63) is 10.6 Å². The summed E-state index contributed by atoms with van der Waals surface area (Å²) in [6.45, 7) is 3.83. The average Bonchev–Trinajstić information content (AvgIpc) is 2.86. The number of esters is 1. The molecule has 1 heterocycles. The Balaban J connectivity index is 2.03. The molecule has 0 unspecified atom stereocenters. The third kappa shape index (κ3) is 4.53. The number of carboxylic acids is 1. The largest absolute Gasteiger partial charge is 0.481 e. The summed E-state index contributed by atoms with van der Waals surface area (Å²) in [6, 6.07) is 0. The fourth-order valence-electron chi connectivity index (χ4n) is 2.93. The topological polar surface area (TPSA) is 106 Å². The number of aryl methyl sites for hydroxylation is 1. The third-order valence-corrected chi connectivity index (χ3v) is 5.23. The Kier molecular flexibility index (Phi) is 6.30. The van der Waals surface area contributed by atoms with Gasteiger partial charge in [0.1, 0.15) is 0 Å². The first-order chi connectivity index (χ1) is 11.4. The zero-order chi connectivity index (χ0) is 17.7. The van der Waals surface area contributed by atoms with Gasteiger partial charge >= 0.3 is 11.9 Å². The maximum Gasteiger partial charge on any atom is 0.311 e. The van der Waals surface area contributed by atoms with Crippen LogP contribution in [-0.4, -0.2) is 34.5 Å². The Hall–Kier alpha value is -1.96. The van der Waals surface area contributed by atoms with Gasteiger partial charge in [-0.1, -0.05) is 12.8 Å². The molecule has 132 valence electrons. The molecule has 2 rings (SSSR count). The van der Waals surface area contributed by atoms with Crippen LogP contribution in [0.5, 0.6) is 0 Å². The second-order valence-corrected chi connectivity index (χ2v) is 6.92. The van der Waals surface area contributed by atoms with E-state index in [1.165, 1.54) is 11.3 Å². The molecular formula is C16H22N2O5S. The van der Waals surface area contributed by atoms with E-state index in [-0.39, 0.29) is 18.3 Å². The van der Waals surface area contributed by atoms with Crippen molar-refractivity contribution in [1.82, 2.24) is 4.98 Å². The molecule has 24 heavy (non-hydrogen) atoms. The summed E-state index contributed by atoms with van der Waals surface area (Å²) in [6.07, 6.45) is 2.91. The highest BCUT2D eigenvalue weighted by molar-refractivity contribution is 7.16. The van der Waals surface area contributed by atoms with E-state index in [9.17, 15) is 19.5 Å². The minimum atomic E-state index is -0.923. The highest BCUT2D eigenvalue weighted by Crippen LogP contribution is 2.32. The Bertz CT molecular complexity index is 628. The van der Waals surface area contributed by atoms with Gasteiger partial charge in [0.15, 0.2) is 5.13 Å². The highest BCUT2D eigenvalue weighted by Gasteiger charge is 2.36. The molecule has 1 aliphatic carbocycles. The van der Waals surface area contributed by atoms with Crippen LogP contribution in [0.15, 0.2) is 0 Å². The van der Waals surface area contributed by atoms with Crippen molar-refractivity contribution in [3.8, 4) is 0 Å². The highest BCUT2D eigenvalue weighted by atomic mass is 32.1. The number of amides is 1. The van der Waals surface area contributed by atoms with Crippen LogP contribution in [-0.2, 0) is 25.5 Å². The van der Waals surface area contributed by atoms with E-state index in [0.717, 1.165) is 17.7 Å². The number of anilines is 1. The van der Waals surface area contributed by atoms with E-state index in [1.54, 1.807) is 13.8 Å². The molecule has 1 fully saturated rings. The summed E-state index contributed by atoms with van der Waals surface area (Å²) in [5.41, 5.74) is 0.668. The lowest BCUT2D eigenvalue weighted by Gasteiger charge is -2.26. The minimum absolute atomic E-state index is 0.119. The van der Waals surface area contributed by atoms with Crippen molar-refractivity contribution >= 4 is 34.3 Å². The van der Waals surface area contributed by atoms with Crippen molar-refractivity contribution in [2.24, 2.45) is 11.8 Å². The first kappa shape index (κ1) is 18.4. The van der Waals surface area contributed by atoms with Gasteiger partial charge in [0, 0.05) is 4.88 Å². The zero-order valence-electron chi connectivity index (χ0n) is 13.8. The molecule has 1 aromatic heterocycles. The SMILES string of the molecule is CCOC(=O)Cc1sc(NC(=O)[C@H]2CCCC[C@H]2C(=O)O)nc1C. The predicted molar refractivity (Wildman–Crippen MR) is 88.9 cm³/mol. The molecule has 0 spiro atoms. The molecule has 0 bridgehead atoms. The van der Waals surface area contributed by atoms with Gasteiger partial charge in [-0.25, -0.2) is 4.98 Å². The van der Waals surface area contributed by atoms with Crippen molar-refractivity contribution in [1.29, 1.82) is 0 Å². The summed E-state index contributed by atoms with van der Waals surface area (Å²) in [5, 5.41) is 12.4. The standard InChI is InChI=1S/C16H22N2O5S/c1-3-23-13(19)8-12-9(2)17-16(24-12)18-14(20)10-6-4-5-7-11(10)15(21)22/h10-11H,3-8H2,1-2H3,(H,21,22)(H,17,18,20)/t10-,11+/m0/s1. The molecule has 8 heteroatoms. The lowest BCUT2D eigenvalue weighted by atomic mass is 9.79. The Morgan fingerprint density at radius 2 is 1.96 bits per heavy atom. The fraction of sp³-hybridized carbons (Fsp3) is 0.625. The number of aromatic nitrogens is 1. The molecule has 0 saturated heterocycles. The molecule has 0 aromatic carbocycles. The average molecular weight is 354 g/mol. The zero-order valence-corrected chi connectivity index (χ0v) is 14.6. The van der Waals surface area contributed by atoms with Crippen LogP contribution in [0.4, 0.5) is 5.13 Å². The van der Waals surface area contributed by atoms with Gasteiger partial charge in [-0.2, -0.15) is 0 Å². The molecule has 0 radical (unpaired) electrons. The summed E-state index contributed by atoms with van der Waals surface area (Å²) < 4.78 is 4.91. The van der Waals surface area contributed by atoms with E-state index in [4.69, 9.17) is 4.74 Å². The molecule has 1 aromatic rings. The van der Waals surface area contributed by atoms with Gasteiger partial charge in [0.05, 0.1) is 30.6 Å². The second-order valence-electron chi connectivity index (χ2n) is 5.83. The summed E-state index contributed by atoms with van der Waals surface area (Å²) >= 11 is 1.22. The molecule has 1 saturated carbocycles. The quantitative estimate of drug-likeness (QED) is 0.760. The van der Waals surface area contributed by atoms with E-state index < -0.39 is 17.8 Å². The van der Waals surface area contributed by atoms with Crippen molar-refractivity contribution < 1.29 is 24.2 Å². The number of carbonyl (C=O) groups excluding carboxylic acids is 2. The van der Waals surface area contributed by atoms with Gasteiger partial charge in [0.2, 0.25) is 5.91 Å². The maximum absolute atomic E-state index is 12.4. The number of ether oxygens (including phenoxy) is 1. The minimum Gasteiger partial charge on any atom is -0.481 e. The molecule has 0 aliphatic heterocycles. The van der Waals surface area contributed by atoms with Crippen molar-refractivity contribution in [3.63, 3.8) is 0 Å². The van der Waals surface area contributed by atoms with Gasteiger partial charge in [0.25, 0.3) is 0 Å². The normalized spacial score (nSPS) is 20.4. The van der Waals surface area contributed by atoms with E-state index in [0.29, 0.717) is 30.3 Å². The second kappa shape index (κ2) is 8.23. The number of hydrogen-bond acceptors (Lipinski definition) is 6. The lowest BCUT2D eigenvalue weighted by Crippen LogP contribution is -2.36. The number of nitrogens with zero attached hydrogens (tertiary/aromatic N) is 1.